The van der Waals surface area contributed by atoms with Crippen molar-refractivity contribution in [3.05, 3.63) is 29.8 Å². The van der Waals surface area contributed by atoms with Gasteiger partial charge in [-0.15, -0.1) is 0 Å². The van der Waals surface area contributed by atoms with Crippen LogP contribution in [0.5, 0.6) is 5.75 Å². The van der Waals surface area contributed by atoms with E-state index in [1.54, 1.807) is 7.11 Å². The zero-order valence-electron chi connectivity index (χ0n) is 14.7. The summed E-state index contributed by atoms with van der Waals surface area (Å²) in [6, 6.07) is 7.52. The third-order valence-corrected chi connectivity index (χ3v) is 6.22. The smallest absolute Gasteiger partial charge is 0.223 e. The summed E-state index contributed by atoms with van der Waals surface area (Å²) in [6.07, 6.45) is 1.08. The van der Waals surface area contributed by atoms with Crippen molar-refractivity contribution in [2.45, 2.75) is 19.4 Å². The maximum atomic E-state index is 12.3. The fraction of sp³-hybridized carbons (Fsp3) is 0.588. The Hall–Kier alpha value is -1.64. The maximum Gasteiger partial charge on any atom is 0.223 e. The summed E-state index contributed by atoms with van der Waals surface area (Å²) in [5.74, 6) is 0.590. The molecule has 1 heterocycles. The number of carbonyl (C=O) groups excluding carboxylic acids is 1. The molecule has 1 N–H and O–H groups in total. The molecule has 1 amide bonds. The molecule has 0 saturated carbocycles. The van der Waals surface area contributed by atoms with Gasteiger partial charge < -0.3 is 14.8 Å². The van der Waals surface area contributed by atoms with Crippen molar-refractivity contribution >= 4 is 15.9 Å². The fourth-order valence-corrected chi connectivity index (χ4v) is 4.19. The number of hydrogen-bond donors (Lipinski definition) is 1. The molecule has 140 valence electrons. The minimum Gasteiger partial charge on any atom is -0.497 e. The Morgan fingerprint density at radius 1 is 1.20 bits per heavy atom. The van der Waals surface area contributed by atoms with Crippen LogP contribution >= 0.6 is 0 Å². The highest BCUT2D eigenvalue weighted by atomic mass is 32.2. The minimum absolute atomic E-state index is 0.0160. The molecule has 8 heteroatoms. The molecule has 7 nitrogen and oxygen atoms in total. The molecule has 0 bridgehead atoms. The first-order valence-corrected chi connectivity index (χ1v) is 9.94. The Morgan fingerprint density at radius 3 is 2.40 bits per heavy atom. The van der Waals surface area contributed by atoms with Gasteiger partial charge in [0.05, 0.1) is 19.5 Å². The molecule has 0 atom stereocenters. The number of ether oxygens (including phenoxy) is 2. The number of nitrogens with zero attached hydrogens (tertiary/aromatic N) is 1. The number of rotatable bonds is 8. The molecule has 1 fully saturated rings. The van der Waals surface area contributed by atoms with Gasteiger partial charge in [0.25, 0.3) is 0 Å². The molecule has 0 unspecified atom stereocenters. The lowest BCUT2D eigenvalue weighted by atomic mass is 9.97. The second-order valence-corrected chi connectivity index (χ2v) is 8.14. The van der Waals surface area contributed by atoms with Gasteiger partial charge in [0.1, 0.15) is 5.75 Å². The van der Waals surface area contributed by atoms with Gasteiger partial charge in [0.2, 0.25) is 15.9 Å². The summed E-state index contributed by atoms with van der Waals surface area (Å²) in [4.78, 5) is 12.3. The SMILES string of the molecule is COCCS(=O)(=O)N1CCC(C(=O)NCc2ccc(OC)cc2)CC1. The number of hydrogen-bond acceptors (Lipinski definition) is 5. The quantitative estimate of drug-likeness (QED) is 0.738. The van der Waals surface area contributed by atoms with E-state index in [9.17, 15) is 13.2 Å². The van der Waals surface area contributed by atoms with E-state index in [4.69, 9.17) is 9.47 Å². The van der Waals surface area contributed by atoms with Crippen molar-refractivity contribution in [2.75, 3.05) is 39.7 Å². The van der Waals surface area contributed by atoms with Crippen molar-refractivity contribution in [3.63, 3.8) is 0 Å². The molecule has 1 aliphatic heterocycles. The summed E-state index contributed by atoms with van der Waals surface area (Å²) in [5, 5.41) is 2.93. The van der Waals surface area contributed by atoms with E-state index in [2.05, 4.69) is 5.32 Å². The van der Waals surface area contributed by atoms with Crippen LogP contribution in [-0.4, -0.2) is 58.3 Å². The summed E-state index contributed by atoms with van der Waals surface area (Å²) in [6.45, 7) is 1.40. The molecule has 1 aromatic rings. The highest BCUT2D eigenvalue weighted by Gasteiger charge is 2.30. The predicted octanol–water partition coefficient (Wildman–Crippen LogP) is 1.000. The number of benzene rings is 1. The molecule has 0 aromatic heterocycles. The van der Waals surface area contributed by atoms with Crippen molar-refractivity contribution in [2.24, 2.45) is 5.92 Å². The van der Waals surface area contributed by atoms with E-state index >= 15 is 0 Å². The highest BCUT2D eigenvalue weighted by Crippen LogP contribution is 2.20. The Morgan fingerprint density at radius 2 is 1.84 bits per heavy atom. The number of methoxy groups -OCH3 is 2. The van der Waals surface area contributed by atoms with Gasteiger partial charge in [0.15, 0.2) is 0 Å². The summed E-state index contributed by atoms with van der Waals surface area (Å²) < 4.78 is 35.6. The van der Waals surface area contributed by atoms with Gasteiger partial charge in [0, 0.05) is 32.7 Å². The van der Waals surface area contributed by atoms with E-state index in [1.807, 2.05) is 24.3 Å². The third-order valence-electron chi connectivity index (χ3n) is 4.39. The average Bonchev–Trinajstić information content (AvgIpc) is 2.65. The lowest BCUT2D eigenvalue weighted by Gasteiger charge is -2.30. The maximum absolute atomic E-state index is 12.3. The fourth-order valence-electron chi connectivity index (χ4n) is 2.79. The molecule has 1 saturated heterocycles. The van der Waals surface area contributed by atoms with E-state index in [0.717, 1.165) is 11.3 Å². The van der Waals surface area contributed by atoms with Crippen LogP contribution in [0.2, 0.25) is 0 Å². The Balaban J connectivity index is 1.78. The molecular weight excluding hydrogens is 344 g/mol. The van der Waals surface area contributed by atoms with Crippen molar-refractivity contribution < 1.29 is 22.7 Å². The van der Waals surface area contributed by atoms with Crippen LogP contribution in [0, 0.1) is 5.92 Å². The van der Waals surface area contributed by atoms with Crippen molar-refractivity contribution in [1.82, 2.24) is 9.62 Å². The lowest BCUT2D eigenvalue weighted by molar-refractivity contribution is -0.126. The molecule has 0 spiro atoms. The molecule has 1 aliphatic rings. The first-order valence-electron chi connectivity index (χ1n) is 8.33. The van der Waals surface area contributed by atoms with Crippen LogP contribution in [0.4, 0.5) is 0 Å². The van der Waals surface area contributed by atoms with E-state index < -0.39 is 10.0 Å². The minimum atomic E-state index is -3.29. The summed E-state index contributed by atoms with van der Waals surface area (Å²) in [5.41, 5.74) is 0.994. The molecular formula is C17H26N2O5S. The number of nitrogens with one attached hydrogen (secondary N) is 1. The van der Waals surface area contributed by atoms with Gasteiger partial charge in [-0.3, -0.25) is 4.79 Å². The van der Waals surface area contributed by atoms with E-state index in [-0.39, 0.29) is 24.2 Å². The Labute approximate surface area is 149 Å². The van der Waals surface area contributed by atoms with Gasteiger partial charge in [-0.05, 0) is 30.5 Å². The Kier molecular flexibility index (Phi) is 7.22. The molecule has 0 radical (unpaired) electrons. The van der Waals surface area contributed by atoms with Crippen LogP contribution in [0.3, 0.4) is 0 Å². The number of piperidine rings is 1. The van der Waals surface area contributed by atoms with Crippen molar-refractivity contribution in [1.29, 1.82) is 0 Å². The second kappa shape index (κ2) is 9.17. The number of amides is 1. The second-order valence-electron chi connectivity index (χ2n) is 6.05. The number of sulfonamides is 1. The predicted molar refractivity (Wildman–Crippen MR) is 94.8 cm³/mol. The highest BCUT2D eigenvalue weighted by molar-refractivity contribution is 7.89. The van der Waals surface area contributed by atoms with E-state index in [1.165, 1.54) is 11.4 Å². The van der Waals surface area contributed by atoms with E-state index in [0.29, 0.717) is 32.5 Å². The van der Waals surface area contributed by atoms with Gasteiger partial charge in [-0.25, -0.2) is 12.7 Å². The van der Waals surface area contributed by atoms with Crippen LogP contribution in [0.15, 0.2) is 24.3 Å². The zero-order valence-corrected chi connectivity index (χ0v) is 15.5. The van der Waals surface area contributed by atoms with Gasteiger partial charge >= 0.3 is 0 Å². The monoisotopic (exact) mass is 370 g/mol. The molecule has 2 rings (SSSR count). The molecule has 0 aliphatic carbocycles. The van der Waals surface area contributed by atoms with Crippen LogP contribution in [0.1, 0.15) is 18.4 Å². The van der Waals surface area contributed by atoms with Crippen LogP contribution in [0.25, 0.3) is 0 Å². The first-order chi connectivity index (χ1) is 12.0. The van der Waals surface area contributed by atoms with Crippen molar-refractivity contribution in [3.8, 4) is 5.75 Å². The number of carbonyl (C=O) groups is 1. The average molecular weight is 370 g/mol. The summed E-state index contributed by atoms with van der Waals surface area (Å²) in [7, 11) is -0.201. The largest absolute Gasteiger partial charge is 0.497 e. The third kappa shape index (κ3) is 5.69. The Bertz CT molecular complexity index is 652. The normalized spacial score (nSPS) is 16.6. The topological polar surface area (TPSA) is 84.9 Å². The van der Waals surface area contributed by atoms with Crippen LogP contribution in [-0.2, 0) is 26.1 Å². The lowest BCUT2D eigenvalue weighted by Crippen LogP contribution is -2.44. The van der Waals surface area contributed by atoms with Gasteiger partial charge in [-0.1, -0.05) is 12.1 Å². The standard InChI is InChI=1S/C17H26N2O5S/c1-23-11-12-25(21,22)19-9-7-15(8-10-19)17(20)18-13-14-3-5-16(24-2)6-4-14/h3-6,15H,7-13H2,1-2H3,(H,18,20). The zero-order chi connectivity index (χ0) is 18.3. The van der Waals surface area contributed by atoms with Crippen LogP contribution < -0.4 is 10.1 Å². The summed E-state index contributed by atoms with van der Waals surface area (Å²) >= 11 is 0. The molecule has 1 aromatic carbocycles. The van der Waals surface area contributed by atoms with Gasteiger partial charge in [-0.2, -0.15) is 0 Å². The molecule has 25 heavy (non-hydrogen) atoms. The first kappa shape index (κ1) is 19.7.